The maximum atomic E-state index is 13.0. The first-order valence-electron chi connectivity index (χ1n) is 40.6. The van der Waals surface area contributed by atoms with Gasteiger partial charge in [0.2, 0.25) is 0 Å². The molecular formula is C85H156NO8+. The number of carboxylic acid groups (broad SMARTS) is 1. The van der Waals surface area contributed by atoms with Crippen LogP contribution >= 0.6 is 0 Å². The smallest absolute Gasteiger partial charge is 0.361 e. The summed E-state index contributed by atoms with van der Waals surface area (Å²) in [4.78, 5) is 37.7. The Labute approximate surface area is 583 Å². The van der Waals surface area contributed by atoms with Gasteiger partial charge in [0.1, 0.15) is 13.2 Å². The van der Waals surface area contributed by atoms with Crippen LogP contribution in [0.2, 0.25) is 0 Å². The average molecular weight is 1320 g/mol. The molecule has 2 atom stereocenters. The van der Waals surface area contributed by atoms with E-state index < -0.39 is 18.4 Å². The van der Waals surface area contributed by atoms with Crippen molar-refractivity contribution in [1.82, 2.24) is 0 Å². The van der Waals surface area contributed by atoms with Crippen LogP contribution in [0.4, 0.5) is 0 Å². The highest BCUT2D eigenvalue weighted by molar-refractivity contribution is 5.71. The minimum atomic E-state index is -1.51. The van der Waals surface area contributed by atoms with Crippen LogP contribution in [-0.2, 0) is 33.3 Å². The van der Waals surface area contributed by atoms with E-state index in [1.165, 1.54) is 289 Å². The van der Waals surface area contributed by atoms with Crippen molar-refractivity contribution in [3.05, 3.63) is 72.9 Å². The summed E-state index contributed by atoms with van der Waals surface area (Å²) < 4.78 is 23.1. The lowest BCUT2D eigenvalue weighted by Gasteiger charge is -2.25. The number of carboxylic acids is 1. The van der Waals surface area contributed by atoms with Crippen LogP contribution in [0, 0.1) is 0 Å². The van der Waals surface area contributed by atoms with Gasteiger partial charge in [-0.1, -0.05) is 389 Å². The Morgan fingerprint density at radius 2 is 0.606 bits per heavy atom. The number of esters is 2. The van der Waals surface area contributed by atoms with Crippen molar-refractivity contribution >= 4 is 17.9 Å². The number of unbranched alkanes of at least 4 members (excludes halogenated alkanes) is 49. The highest BCUT2D eigenvalue weighted by Crippen LogP contribution is 2.20. The van der Waals surface area contributed by atoms with Gasteiger partial charge in [0.05, 0.1) is 34.4 Å². The van der Waals surface area contributed by atoms with Crippen LogP contribution in [0.1, 0.15) is 393 Å². The molecular weight excluding hydrogens is 1160 g/mol. The van der Waals surface area contributed by atoms with E-state index in [9.17, 15) is 19.5 Å². The molecule has 9 nitrogen and oxygen atoms in total. The molecule has 1 N–H and O–H groups in total. The Morgan fingerprint density at radius 1 is 0.330 bits per heavy atom. The van der Waals surface area contributed by atoms with Crippen LogP contribution in [0.15, 0.2) is 72.9 Å². The summed E-state index contributed by atoms with van der Waals surface area (Å²) in [7, 11) is 6.00. The fraction of sp³-hybridized carbons (Fsp3) is 0.824. The molecule has 0 fully saturated rings. The average Bonchev–Trinajstić information content (AvgIpc) is 3.76. The van der Waals surface area contributed by atoms with Crippen molar-refractivity contribution in [3.63, 3.8) is 0 Å². The second kappa shape index (κ2) is 75.5. The Balaban J connectivity index is 3.97. The van der Waals surface area contributed by atoms with E-state index in [2.05, 4.69) is 86.8 Å². The maximum absolute atomic E-state index is 13.0. The van der Waals surface area contributed by atoms with Gasteiger partial charge in [-0.15, -0.1) is 0 Å². The van der Waals surface area contributed by atoms with E-state index in [1.807, 2.05) is 21.1 Å². The number of likely N-dealkylation sites (N-methyl/N-ethyl adjacent to an activating group) is 1. The zero-order valence-electron chi connectivity index (χ0n) is 62.9. The number of hydrogen-bond donors (Lipinski definition) is 1. The van der Waals surface area contributed by atoms with Gasteiger partial charge in [0.25, 0.3) is 6.29 Å². The number of carbonyl (C=O) groups is 3. The molecule has 9 heteroatoms. The molecule has 2 unspecified atom stereocenters. The SMILES string of the molecule is CC/C=C\C/C=C\C/C=C\C/C=C\C/C=C\C/C=C\CCCCCCCCCCCCCCCCCCCCCCC(=O)OC(COC(=O)CCCCCCCCCCCCCCCCCCCCCCCCCCCCCCCC)COC(OCC[N+](C)(C)C)C(=O)O. The summed E-state index contributed by atoms with van der Waals surface area (Å²) in [6.45, 7) is 4.84. The van der Waals surface area contributed by atoms with Gasteiger partial charge in [0.15, 0.2) is 6.10 Å². The van der Waals surface area contributed by atoms with Gasteiger partial charge in [0, 0.05) is 12.8 Å². The van der Waals surface area contributed by atoms with Crippen LogP contribution < -0.4 is 0 Å². The van der Waals surface area contributed by atoms with E-state index in [0.717, 1.165) is 77.0 Å². The van der Waals surface area contributed by atoms with Crippen molar-refractivity contribution in [2.75, 3.05) is 47.5 Å². The minimum absolute atomic E-state index is 0.177. The quantitative estimate of drug-likeness (QED) is 0.0211. The first kappa shape index (κ1) is 90.7. The molecule has 0 aromatic rings. The summed E-state index contributed by atoms with van der Waals surface area (Å²) in [5.74, 6) is -1.97. The molecule has 94 heavy (non-hydrogen) atoms. The molecule has 0 bridgehead atoms. The number of ether oxygens (including phenoxy) is 4. The van der Waals surface area contributed by atoms with E-state index in [0.29, 0.717) is 17.4 Å². The Kier molecular flexibility index (Phi) is 72.9. The number of aliphatic carboxylic acids is 1. The second-order valence-corrected chi connectivity index (χ2v) is 28.7. The van der Waals surface area contributed by atoms with E-state index in [4.69, 9.17) is 18.9 Å². The van der Waals surface area contributed by atoms with Gasteiger partial charge in [-0.05, 0) is 64.2 Å². The fourth-order valence-corrected chi connectivity index (χ4v) is 12.1. The van der Waals surface area contributed by atoms with Crippen molar-refractivity contribution in [1.29, 1.82) is 0 Å². The molecule has 0 aliphatic carbocycles. The Bertz CT molecular complexity index is 1780. The number of hydrogen-bond acceptors (Lipinski definition) is 7. The molecule has 0 amide bonds. The van der Waals surface area contributed by atoms with Crippen LogP contribution in [0.25, 0.3) is 0 Å². The van der Waals surface area contributed by atoms with Crippen molar-refractivity contribution in [3.8, 4) is 0 Å². The number of quaternary nitrogens is 1. The fourth-order valence-electron chi connectivity index (χ4n) is 12.1. The van der Waals surface area contributed by atoms with E-state index >= 15 is 0 Å². The van der Waals surface area contributed by atoms with Gasteiger partial charge in [-0.3, -0.25) is 9.59 Å². The first-order valence-corrected chi connectivity index (χ1v) is 40.6. The molecule has 0 rings (SSSR count). The summed E-state index contributed by atoms with van der Waals surface area (Å²) in [5.41, 5.74) is 0. The molecule has 0 radical (unpaired) electrons. The lowest BCUT2D eigenvalue weighted by Crippen LogP contribution is -2.40. The van der Waals surface area contributed by atoms with Crippen LogP contribution in [-0.4, -0.2) is 87.4 Å². The zero-order chi connectivity index (χ0) is 68.2. The van der Waals surface area contributed by atoms with Gasteiger partial charge < -0.3 is 28.5 Å². The third-order valence-corrected chi connectivity index (χ3v) is 18.2. The van der Waals surface area contributed by atoms with Crippen LogP contribution in [0.5, 0.6) is 0 Å². The molecule has 0 spiro atoms. The number of allylic oxidation sites excluding steroid dienone is 12. The molecule has 0 aliphatic rings. The monoisotopic (exact) mass is 1320 g/mol. The summed E-state index contributed by atoms with van der Waals surface area (Å²) >= 11 is 0. The highest BCUT2D eigenvalue weighted by atomic mass is 16.7. The highest BCUT2D eigenvalue weighted by Gasteiger charge is 2.25. The largest absolute Gasteiger partial charge is 0.477 e. The predicted octanol–water partition coefficient (Wildman–Crippen LogP) is 26.0. The van der Waals surface area contributed by atoms with Crippen molar-refractivity contribution in [2.24, 2.45) is 0 Å². The normalized spacial score (nSPS) is 13.0. The first-order chi connectivity index (χ1) is 46.1. The van der Waals surface area contributed by atoms with Gasteiger partial charge in [-0.25, -0.2) is 4.79 Å². The summed E-state index contributed by atoms with van der Waals surface area (Å²) in [6, 6.07) is 0. The number of carbonyl (C=O) groups excluding carboxylic acids is 2. The number of nitrogens with zero attached hydrogens (tertiary/aromatic N) is 1. The van der Waals surface area contributed by atoms with E-state index in [-0.39, 0.29) is 38.2 Å². The molecule has 0 saturated carbocycles. The lowest BCUT2D eigenvalue weighted by molar-refractivity contribution is -0.870. The third-order valence-electron chi connectivity index (χ3n) is 18.2. The Morgan fingerprint density at radius 3 is 0.904 bits per heavy atom. The molecule has 0 aliphatic heterocycles. The molecule has 0 heterocycles. The lowest BCUT2D eigenvalue weighted by atomic mass is 10.0. The van der Waals surface area contributed by atoms with Gasteiger partial charge in [-0.2, -0.15) is 0 Å². The summed E-state index contributed by atoms with van der Waals surface area (Å²) in [6.07, 6.45) is 99.2. The maximum Gasteiger partial charge on any atom is 0.361 e. The van der Waals surface area contributed by atoms with Crippen LogP contribution in [0.3, 0.4) is 0 Å². The number of rotatable bonds is 76. The molecule has 0 saturated heterocycles. The predicted molar refractivity (Wildman–Crippen MR) is 406 cm³/mol. The molecule has 0 aromatic heterocycles. The second-order valence-electron chi connectivity index (χ2n) is 28.7. The van der Waals surface area contributed by atoms with Gasteiger partial charge >= 0.3 is 17.9 Å². The summed E-state index contributed by atoms with van der Waals surface area (Å²) in [5, 5.41) is 9.78. The third kappa shape index (κ3) is 76.1. The minimum Gasteiger partial charge on any atom is -0.477 e. The van der Waals surface area contributed by atoms with E-state index in [1.54, 1.807) is 0 Å². The molecule has 0 aromatic carbocycles. The zero-order valence-corrected chi connectivity index (χ0v) is 62.9. The topological polar surface area (TPSA) is 108 Å². The van der Waals surface area contributed by atoms with Crippen molar-refractivity contribution < 1.29 is 42.9 Å². The Hall–Kier alpha value is -3.27. The standard InChI is InChI=1S/C85H155NO8/c1-6-8-10-12-14-16-18-20-22-24-26-28-30-32-34-36-38-39-40-41-42-43-44-45-46-48-50-52-54-56-58-60-62-64-66-68-70-72-74-76-83(88)94-81(80-93-85(84(89)90)91-78-77-86(3,4)5)79-92-82(87)75-73-71-69-67-65-63-61-59-57-55-53-51-49-47-37-35-33-31-29-27-25-23-21-19-17-15-13-11-9-7-2/h8,10,14,16,20,22,26,28,32,34,38-39,81,85H,6-7,9,11-13,15,17-19,21,23-25,27,29-31,33,35-37,40-80H2,1-5H3/p+1/b10-8-,16-14-,22-20-,28-26-,34-32-,39-38-. The molecule has 548 valence electrons. The van der Waals surface area contributed by atoms with Crippen molar-refractivity contribution in [2.45, 2.75) is 405 Å².